The number of rotatable bonds is 4. The van der Waals surface area contributed by atoms with Crippen molar-refractivity contribution in [3.05, 3.63) is 28.2 Å². The van der Waals surface area contributed by atoms with Crippen molar-refractivity contribution in [2.45, 2.75) is 6.42 Å². The summed E-state index contributed by atoms with van der Waals surface area (Å²) in [6, 6.07) is 5.64. The molecule has 1 aromatic rings. The normalized spacial score (nSPS) is 9.93. The molecule has 76 valence electrons. The third-order valence-corrected chi connectivity index (χ3v) is 3.33. The molecule has 0 fully saturated rings. The molecule has 4 heteroatoms. The minimum Gasteiger partial charge on any atom is -0.496 e. The molecule has 0 heterocycles. The van der Waals surface area contributed by atoms with Gasteiger partial charge in [-0.3, -0.25) is 4.79 Å². The number of ether oxygens (including phenoxy) is 1. The first-order valence-electron chi connectivity index (χ1n) is 4.08. The molecule has 0 saturated carbocycles. The van der Waals surface area contributed by atoms with Crippen molar-refractivity contribution in [3.63, 3.8) is 0 Å². The molecule has 0 bridgehead atoms. The van der Waals surface area contributed by atoms with E-state index in [0.29, 0.717) is 11.8 Å². The summed E-state index contributed by atoms with van der Waals surface area (Å²) >= 11 is 6.54. The first kappa shape index (κ1) is 11.7. The van der Waals surface area contributed by atoms with E-state index in [2.05, 4.69) is 31.9 Å². The Morgan fingerprint density at radius 1 is 1.50 bits per heavy atom. The van der Waals surface area contributed by atoms with E-state index in [4.69, 9.17) is 4.74 Å². The van der Waals surface area contributed by atoms with Crippen LogP contribution in [0.3, 0.4) is 0 Å². The molecule has 0 saturated heterocycles. The number of halogens is 2. The van der Waals surface area contributed by atoms with Crippen LogP contribution in [-0.4, -0.2) is 18.2 Å². The van der Waals surface area contributed by atoms with Gasteiger partial charge in [-0.25, -0.2) is 0 Å². The zero-order valence-electron chi connectivity index (χ0n) is 7.72. The molecular weight excluding hydrogens is 312 g/mol. The van der Waals surface area contributed by atoms with Crippen LogP contribution in [0.4, 0.5) is 0 Å². The highest BCUT2D eigenvalue weighted by molar-refractivity contribution is 9.10. The lowest BCUT2D eigenvalue weighted by Gasteiger charge is -2.07. The first-order valence-corrected chi connectivity index (χ1v) is 5.99. The van der Waals surface area contributed by atoms with Crippen LogP contribution >= 0.6 is 31.9 Å². The number of carbonyl (C=O) groups is 1. The predicted octanol–water partition coefficient (Wildman–Crippen LogP) is 2.96. The molecule has 0 aliphatic carbocycles. The fraction of sp³-hybridized carbons (Fsp3) is 0.300. The Bertz CT molecular complexity index is 337. The number of ketones is 1. The molecule has 0 atom stereocenters. The van der Waals surface area contributed by atoms with E-state index >= 15 is 0 Å². The maximum absolute atomic E-state index is 11.2. The van der Waals surface area contributed by atoms with Crippen molar-refractivity contribution in [1.82, 2.24) is 0 Å². The molecule has 1 rings (SSSR count). The molecule has 0 aromatic heterocycles. The fourth-order valence-corrected chi connectivity index (χ4v) is 1.87. The Balaban J connectivity index is 2.92. The van der Waals surface area contributed by atoms with Gasteiger partial charge in [0.25, 0.3) is 0 Å². The van der Waals surface area contributed by atoms with Gasteiger partial charge in [-0.05, 0) is 27.6 Å². The largest absolute Gasteiger partial charge is 0.496 e. The SMILES string of the molecule is COc1cccc(CC(=O)CBr)c1Br. The van der Waals surface area contributed by atoms with Crippen molar-refractivity contribution in [3.8, 4) is 5.75 Å². The Hall–Kier alpha value is -0.350. The van der Waals surface area contributed by atoms with Gasteiger partial charge in [-0.2, -0.15) is 0 Å². The molecule has 0 unspecified atom stereocenters. The quantitative estimate of drug-likeness (QED) is 0.797. The van der Waals surface area contributed by atoms with Crippen LogP contribution in [0.5, 0.6) is 5.75 Å². The van der Waals surface area contributed by atoms with Crippen LogP contribution < -0.4 is 4.74 Å². The van der Waals surface area contributed by atoms with E-state index in [1.54, 1.807) is 7.11 Å². The smallest absolute Gasteiger partial charge is 0.147 e. The monoisotopic (exact) mass is 320 g/mol. The molecular formula is C10H10Br2O2. The van der Waals surface area contributed by atoms with Crippen molar-refractivity contribution in [2.75, 3.05) is 12.4 Å². The van der Waals surface area contributed by atoms with Crippen LogP contribution in [0.2, 0.25) is 0 Å². The van der Waals surface area contributed by atoms with Gasteiger partial charge >= 0.3 is 0 Å². The second-order valence-electron chi connectivity index (χ2n) is 2.78. The van der Waals surface area contributed by atoms with Crippen molar-refractivity contribution < 1.29 is 9.53 Å². The van der Waals surface area contributed by atoms with Crippen LogP contribution in [0.15, 0.2) is 22.7 Å². The number of Topliss-reactive ketones (excluding diaryl/α,β-unsaturated/α-hetero) is 1. The highest BCUT2D eigenvalue weighted by atomic mass is 79.9. The molecule has 2 nitrogen and oxygen atoms in total. The Kier molecular flexibility index (Phi) is 4.62. The van der Waals surface area contributed by atoms with E-state index in [-0.39, 0.29) is 5.78 Å². The number of hydrogen-bond donors (Lipinski definition) is 0. The minimum atomic E-state index is 0.152. The summed E-state index contributed by atoms with van der Waals surface area (Å²) in [5.41, 5.74) is 0.953. The maximum Gasteiger partial charge on any atom is 0.147 e. The van der Waals surface area contributed by atoms with Crippen molar-refractivity contribution >= 4 is 37.6 Å². The highest BCUT2D eigenvalue weighted by Crippen LogP contribution is 2.28. The Morgan fingerprint density at radius 2 is 2.21 bits per heavy atom. The van der Waals surface area contributed by atoms with E-state index in [1.807, 2.05) is 18.2 Å². The molecule has 0 spiro atoms. The van der Waals surface area contributed by atoms with Gasteiger partial charge in [0.15, 0.2) is 0 Å². The van der Waals surface area contributed by atoms with Gasteiger partial charge in [0.2, 0.25) is 0 Å². The summed E-state index contributed by atoms with van der Waals surface area (Å²) in [5, 5.41) is 0.386. The van der Waals surface area contributed by atoms with Crippen LogP contribution in [0.25, 0.3) is 0 Å². The fourth-order valence-electron chi connectivity index (χ4n) is 1.11. The van der Waals surface area contributed by atoms with Crippen LogP contribution in [0.1, 0.15) is 5.56 Å². The summed E-state index contributed by atoms with van der Waals surface area (Å²) in [4.78, 5) is 11.2. The van der Waals surface area contributed by atoms with E-state index in [1.165, 1.54) is 0 Å². The van der Waals surface area contributed by atoms with Crippen molar-refractivity contribution in [2.24, 2.45) is 0 Å². The summed E-state index contributed by atoms with van der Waals surface area (Å²) in [6.45, 7) is 0. The predicted molar refractivity (Wildman–Crippen MR) is 63.2 cm³/mol. The summed E-state index contributed by atoms with van der Waals surface area (Å²) in [7, 11) is 1.61. The molecule has 0 N–H and O–H groups in total. The molecule has 0 amide bonds. The molecule has 0 aliphatic heterocycles. The number of hydrogen-bond acceptors (Lipinski definition) is 2. The van der Waals surface area contributed by atoms with Crippen molar-refractivity contribution in [1.29, 1.82) is 0 Å². The second-order valence-corrected chi connectivity index (χ2v) is 4.14. The number of alkyl halides is 1. The standard InChI is InChI=1S/C10H10Br2O2/c1-14-9-4-2-3-7(10(9)12)5-8(13)6-11/h2-4H,5-6H2,1H3. The Morgan fingerprint density at radius 3 is 2.79 bits per heavy atom. The molecule has 1 aromatic carbocycles. The number of benzene rings is 1. The van der Waals surface area contributed by atoms with Gasteiger partial charge < -0.3 is 4.74 Å². The van der Waals surface area contributed by atoms with E-state index in [0.717, 1.165) is 15.8 Å². The van der Waals surface area contributed by atoms with Gasteiger partial charge in [-0.15, -0.1) is 0 Å². The highest BCUT2D eigenvalue weighted by Gasteiger charge is 2.08. The summed E-state index contributed by atoms with van der Waals surface area (Å²) in [6.07, 6.45) is 0.420. The van der Waals surface area contributed by atoms with Crippen LogP contribution in [0, 0.1) is 0 Å². The average Bonchev–Trinajstić information content (AvgIpc) is 2.21. The topological polar surface area (TPSA) is 26.3 Å². The second kappa shape index (κ2) is 5.51. The zero-order valence-corrected chi connectivity index (χ0v) is 10.9. The summed E-state index contributed by atoms with van der Waals surface area (Å²) in [5.74, 6) is 0.906. The third kappa shape index (κ3) is 2.82. The van der Waals surface area contributed by atoms with E-state index in [9.17, 15) is 4.79 Å². The van der Waals surface area contributed by atoms with Gasteiger partial charge in [0.1, 0.15) is 11.5 Å². The zero-order chi connectivity index (χ0) is 10.6. The van der Waals surface area contributed by atoms with Gasteiger partial charge in [0, 0.05) is 6.42 Å². The average molecular weight is 322 g/mol. The molecule has 14 heavy (non-hydrogen) atoms. The third-order valence-electron chi connectivity index (χ3n) is 1.80. The first-order chi connectivity index (χ1) is 6.69. The van der Waals surface area contributed by atoms with Gasteiger partial charge in [0.05, 0.1) is 16.9 Å². The lowest BCUT2D eigenvalue weighted by Crippen LogP contribution is -2.04. The van der Waals surface area contributed by atoms with Gasteiger partial charge in [-0.1, -0.05) is 28.1 Å². The van der Waals surface area contributed by atoms with E-state index < -0.39 is 0 Å². The number of carbonyl (C=O) groups excluding carboxylic acids is 1. The molecule has 0 aliphatic rings. The minimum absolute atomic E-state index is 0.152. The number of methoxy groups -OCH3 is 1. The molecule has 0 radical (unpaired) electrons. The summed E-state index contributed by atoms with van der Waals surface area (Å²) < 4.78 is 5.99. The Labute approximate surface area is 99.9 Å². The van der Waals surface area contributed by atoms with Crippen LogP contribution in [-0.2, 0) is 11.2 Å². The lowest BCUT2D eigenvalue weighted by molar-refractivity contribution is -0.115. The maximum atomic E-state index is 11.2. The lowest BCUT2D eigenvalue weighted by atomic mass is 10.1.